The standard InChI is InChI=1S/C22H24F6N2O3/c1-13-8-17(9-14(2)30(13)20-7-5-16(11-29-20)22(26,27)28)33-18-6-4-15(21(23,24)25)10-19(18)32-12-31-3/h4-7,10-11,13-14,17H,8-9,12H2,1-3H3. The van der Waals surface area contributed by atoms with Gasteiger partial charge in [0, 0.05) is 38.2 Å². The van der Waals surface area contributed by atoms with Gasteiger partial charge in [-0.1, -0.05) is 0 Å². The average molecular weight is 478 g/mol. The SMILES string of the molecule is COCOc1cc(C(F)(F)F)ccc1OC1CC(C)N(c2ccc(C(F)(F)F)cn2)C(C)C1. The van der Waals surface area contributed by atoms with Crippen molar-refractivity contribution in [3.8, 4) is 11.5 Å². The number of methoxy groups -OCH3 is 1. The molecule has 0 bridgehead atoms. The molecular formula is C22H24F6N2O3. The van der Waals surface area contributed by atoms with Gasteiger partial charge in [-0.05, 0) is 44.2 Å². The molecule has 33 heavy (non-hydrogen) atoms. The van der Waals surface area contributed by atoms with E-state index in [1.165, 1.54) is 19.2 Å². The quantitative estimate of drug-likeness (QED) is 0.381. The van der Waals surface area contributed by atoms with Crippen LogP contribution < -0.4 is 14.4 Å². The molecule has 2 atom stereocenters. The number of nitrogens with zero attached hydrogens (tertiary/aromatic N) is 2. The summed E-state index contributed by atoms with van der Waals surface area (Å²) in [5.74, 6) is 0.490. The summed E-state index contributed by atoms with van der Waals surface area (Å²) >= 11 is 0. The Morgan fingerprint density at radius 1 is 0.909 bits per heavy atom. The van der Waals surface area contributed by atoms with E-state index in [4.69, 9.17) is 14.2 Å². The third-order valence-electron chi connectivity index (χ3n) is 5.39. The molecule has 1 aliphatic rings. The van der Waals surface area contributed by atoms with Crippen LogP contribution in [0.3, 0.4) is 0 Å². The first-order valence-electron chi connectivity index (χ1n) is 10.2. The van der Waals surface area contributed by atoms with Crippen molar-refractivity contribution < 1.29 is 40.6 Å². The molecular weight excluding hydrogens is 454 g/mol. The molecule has 2 heterocycles. The second kappa shape index (κ2) is 9.66. The number of ether oxygens (including phenoxy) is 3. The molecule has 0 amide bonds. The van der Waals surface area contributed by atoms with Gasteiger partial charge in [0.05, 0.1) is 11.1 Å². The minimum absolute atomic E-state index is 0.0844. The molecule has 1 aromatic carbocycles. The predicted molar refractivity (Wildman–Crippen MR) is 108 cm³/mol. The summed E-state index contributed by atoms with van der Waals surface area (Å²) < 4.78 is 93.8. The van der Waals surface area contributed by atoms with Crippen molar-refractivity contribution in [1.29, 1.82) is 0 Å². The monoisotopic (exact) mass is 478 g/mol. The van der Waals surface area contributed by atoms with Gasteiger partial charge in [-0.15, -0.1) is 0 Å². The van der Waals surface area contributed by atoms with Crippen LogP contribution in [0, 0.1) is 0 Å². The number of pyridine rings is 1. The molecule has 5 nitrogen and oxygen atoms in total. The summed E-state index contributed by atoms with van der Waals surface area (Å²) in [5, 5.41) is 0. The maximum absolute atomic E-state index is 13.1. The normalized spacial score (nSPS) is 21.7. The molecule has 0 spiro atoms. The second-order valence-corrected chi connectivity index (χ2v) is 7.93. The zero-order valence-corrected chi connectivity index (χ0v) is 18.2. The van der Waals surface area contributed by atoms with Crippen LogP contribution in [0.15, 0.2) is 36.5 Å². The molecule has 0 saturated carbocycles. The number of rotatable bonds is 6. The van der Waals surface area contributed by atoms with E-state index in [1.807, 2.05) is 18.7 Å². The van der Waals surface area contributed by atoms with Crippen LogP contribution in [0.2, 0.25) is 0 Å². The molecule has 0 N–H and O–H groups in total. The van der Waals surface area contributed by atoms with Gasteiger partial charge in [0.15, 0.2) is 18.3 Å². The van der Waals surface area contributed by atoms with Gasteiger partial charge in [-0.2, -0.15) is 26.3 Å². The second-order valence-electron chi connectivity index (χ2n) is 7.93. The Morgan fingerprint density at radius 3 is 2.03 bits per heavy atom. The molecule has 1 aromatic heterocycles. The van der Waals surface area contributed by atoms with Crippen molar-refractivity contribution >= 4 is 5.82 Å². The van der Waals surface area contributed by atoms with Crippen LogP contribution >= 0.6 is 0 Å². The van der Waals surface area contributed by atoms with E-state index >= 15 is 0 Å². The molecule has 11 heteroatoms. The van der Waals surface area contributed by atoms with E-state index in [0.717, 1.165) is 24.4 Å². The molecule has 2 aromatic rings. The van der Waals surface area contributed by atoms with Gasteiger partial charge in [0.2, 0.25) is 0 Å². The zero-order valence-electron chi connectivity index (χ0n) is 18.2. The highest BCUT2D eigenvalue weighted by Crippen LogP contribution is 2.39. The van der Waals surface area contributed by atoms with E-state index < -0.39 is 23.5 Å². The van der Waals surface area contributed by atoms with Crippen LogP contribution in [-0.4, -0.2) is 37.1 Å². The lowest BCUT2D eigenvalue weighted by Crippen LogP contribution is -2.50. The van der Waals surface area contributed by atoms with Crippen molar-refractivity contribution in [2.75, 3.05) is 18.8 Å². The molecule has 1 fully saturated rings. The number of alkyl halides is 6. The Kier molecular flexibility index (Phi) is 7.30. The molecule has 1 aliphatic heterocycles. The molecule has 2 unspecified atom stereocenters. The third-order valence-corrected chi connectivity index (χ3v) is 5.39. The Bertz CT molecular complexity index is 921. The lowest BCUT2D eigenvalue weighted by Gasteiger charge is -2.43. The maximum Gasteiger partial charge on any atom is 0.417 e. The summed E-state index contributed by atoms with van der Waals surface area (Å²) in [7, 11) is 1.35. The van der Waals surface area contributed by atoms with Crippen molar-refractivity contribution in [2.45, 2.75) is 57.2 Å². The van der Waals surface area contributed by atoms with E-state index in [0.29, 0.717) is 18.7 Å². The highest BCUT2D eigenvalue weighted by Gasteiger charge is 2.36. The van der Waals surface area contributed by atoms with Gasteiger partial charge < -0.3 is 19.1 Å². The molecule has 182 valence electrons. The van der Waals surface area contributed by atoms with Crippen LogP contribution in [0.4, 0.5) is 32.2 Å². The van der Waals surface area contributed by atoms with Crippen molar-refractivity contribution in [3.63, 3.8) is 0 Å². The number of aromatic nitrogens is 1. The lowest BCUT2D eigenvalue weighted by atomic mass is 9.94. The fourth-order valence-corrected chi connectivity index (χ4v) is 3.97. The molecule has 1 saturated heterocycles. The number of anilines is 1. The molecule has 0 radical (unpaired) electrons. The summed E-state index contributed by atoms with van der Waals surface area (Å²) in [6.45, 7) is 3.53. The number of piperidine rings is 1. The lowest BCUT2D eigenvalue weighted by molar-refractivity contribution is -0.138. The van der Waals surface area contributed by atoms with Gasteiger partial charge in [-0.25, -0.2) is 4.98 Å². The van der Waals surface area contributed by atoms with Crippen molar-refractivity contribution in [1.82, 2.24) is 4.98 Å². The van der Waals surface area contributed by atoms with E-state index in [1.54, 1.807) is 0 Å². The Hall–Kier alpha value is -2.69. The number of benzene rings is 1. The Balaban J connectivity index is 1.75. The highest BCUT2D eigenvalue weighted by atomic mass is 19.4. The Morgan fingerprint density at radius 2 is 1.52 bits per heavy atom. The molecule has 0 aliphatic carbocycles. The summed E-state index contributed by atoms with van der Waals surface area (Å²) in [4.78, 5) is 5.90. The minimum Gasteiger partial charge on any atom is -0.486 e. The fraction of sp³-hybridized carbons (Fsp3) is 0.500. The van der Waals surface area contributed by atoms with Crippen LogP contribution in [-0.2, 0) is 17.1 Å². The average Bonchev–Trinajstić information content (AvgIpc) is 2.71. The zero-order chi connectivity index (χ0) is 24.4. The summed E-state index contributed by atoms with van der Waals surface area (Å²) in [6.07, 6.45) is -7.57. The van der Waals surface area contributed by atoms with Crippen molar-refractivity contribution in [3.05, 3.63) is 47.7 Å². The largest absolute Gasteiger partial charge is 0.486 e. The van der Waals surface area contributed by atoms with Crippen molar-refractivity contribution in [2.24, 2.45) is 0 Å². The topological polar surface area (TPSA) is 43.8 Å². The first-order chi connectivity index (χ1) is 15.4. The van der Waals surface area contributed by atoms with Gasteiger partial charge in [0.25, 0.3) is 0 Å². The molecule has 3 rings (SSSR count). The van der Waals surface area contributed by atoms with E-state index in [2.05, 4.69) is 4.98 Å². The van der Waals surface area contributed by atoms with Crippen LogP contribution in [0.25, 0.3) is 0 Å². The summed E-state index contributed by atoms with van der Waals surface area (Å²) in [5.41, 5.74) is -1.69. The van der Waals surface area contributed by atoms with Crippen LogP contribution in [0.1, 0.15) is 37.8 Å². The Labute approximate surface area is 187 Å². The van der Waals surface area contributed by atoms with Crippen LogP contribution in [0.5, 0.6) is 11.5 Å². The number of hydrogen-bond acceptors (Lipinski definition) is 5. The predicted octanol–water partition coefficient (Wildman–Crippen LogP) is 5.93. The van der Waals surface area contributed by atoms with Gasteiger partial charge >= 0.3 is 12.4 Å². The van der Waals surface area contributed by atoms with Gasteiger partial charge in [0.1, 0.15) is 11.9 Å². The third kappa shape index (κ3) is 6.01. The highest BCUT2D eigenvalue weighted by molar-refractivity contribution is 5.45. The first kappa shape index (κ1) is 24.9. The fourth-order valence-electron chi connectivity index (χ4n) is 3.97. The minimum atomic E-state index is -4.53. The summed E-state index contributed by atoms with van der Waals surface area (Å²) in [6, 6.07) is 5.05. The first-order valence-corrected chi connectivity index (χ1v) is 10.2. The maximum atomic E-state index is 13.1. The van der Waals surface area contributed by atoms with E-state index in [-0.39, 0.29) is 36.5 Å². The number of hydrogen-bond donors (Lipinski definition) is 0. The smallest absolute Gasteiger partial charge is 0.417 e. The van der Waals surface area contributed by atoms with E-state index in [9.17, 15) is 26.3 Å². The van der Waals surface area contributed by atoms with Gasteiger partial charge in [-0.3, -0.25) is 0 Å². The number of halogens is 6.